The largest absolute Gasteiger partial charge is 0.396 e. The maximum atomic E-state index is 8.83. The van der Waals surface area contributed by atoms with E-state index in [0.29, 0.717) is 0 Å². The Morgan fingerprint density at radius 3 is 2.82 bits per heavy atom. The first-order valence-corrected chi connectivity index (χ1v) is 6.74. The first-order chi connectivity index (χ1) is 8.03. The van der Waals surface area contributed by atoms with Gasteiger partial charge in [0.25, 0.3) is 0 Å². The maximum Gasteiger partial charge on any atom is 0.0431 e. The van der Waals surface area contributed by atoms with Gasteiger partial charge in [0.15, 0.2) is 0 Å². The summed E-state index contributed by atoms with van der Waals surface area (Å²) in [7, 11) is 0. The fourth-order valence-electron chi connectivity index (χ4n) is 1.74. The van der Waals surface area contributed by atoms with Crippen LogP contribution in [-0.2, 0) is 6.54 Å². The third-order valence-electron chi connectivity index (χ3n) is 2.71. The summed E-state index contributed by atoms with van der Waals surface area (Å²) in [6.07, 6.45) is 5.56. The third-order valence-corrected chi connectivity index (χ3v) is 3.14. The first-order valence-electron chi connectivity index (χ1n) is 5.94. The average molecular weight is 301 g/mol. The van der Waals surface area contributed by atoms with E-state index in [0.717, 1.165) is 30.4 Å². The fraction of sp³-hybridized carbons (Fsp3) is 0.615. The number of hydrogen-bond donors (Lipinski definition) is 2. The van der Waals surface area contributed by atoms with Crippen LogP contribution in [0.3, 0.4) is 0 Å². The Labute approximate surface area is 112 Å². The van der Waals surface area contributed by atoms with Crippen molar-refractivity contribution in [2.75, 3.05) is 13.2 Å². The van der Waals surface area contributed by atoms with Gasteiger partial charge in [-0.1, -0.05) is 13.8 Å². The van der Waals surface area contributed by atoms with Crippen molar-refractivity contribution in [3.63, 3.8) is 0 Å². The Morgan fingerprint density at radius 1 is 1.41 bits per heavy atom. The number of hydrogen-bond acceptors (Lipinski definition) is 3. The van der Waals surface area contributed by atoms with Crippen LogP contribution >= 0.6 is 15.9 Å². The summed E-state index contributed by atoms with van der Waals surface area (Å²) in [6, 6.07) is 2.07. The molecule has 0 unspecified atom stereocenters. The molecule has 0 aliphatic carbocycles. The molecule has 0 bridgehead atoms. The van der Waals surface area contributed by atoms with Crippen LogP contribution in [-0.4, -0.2) is 23.2 Å². The molecular formula is C13H21BrN2O. The minimum Gasteiger partial charge on any atom is -0.396 e. The number of aliphatic hydroxyl groups excluding tert-OH is 1. The second-order valence-corrected chi connectivity index (χ2v) is 6.02. The Bertz CT molecular complexity index is 342. The van der Waals surface area contributed by atoms with Gasteiger partial charge in [0.2, 0.25) is 0 Å². The lowest BCUT2D eigenvalue weighted by Gasteiger charge is -2.24. The molecule has 2 N–H and O–H groups in total. The van der Waals surface area contributed by atoms with Gasteiger partial charge in [0, 0.05) is 36.6 Å². The Kier molecular flexibility index (Phi) is 6.09. The number of aromatic nitrogens is 1. The number of pyridine rings is 1. The number of nitrogens with zero attached hydrogens (tertiary/aromatic N) is 1. The van der Waals surface area contributed by atoms with Crippen LogP contribution in [0, 0.1) is 5.41 Å². The Balaban J connectivity index is 2.32. The summed E-state index contributed by atoms with van der Waals surface area (Å²) >= 11 is 3.41. The average Bonchev–Trinajstić information content (AvgIpc) is 2.26. The van der Waals surface area contributed by atoms with E-state index in [1.165, 1.54) is 5.56 Å². The van der Waals surface area contributed by atoms with E-state index in [1.54, 1.807) is 6.20 Å². The lowest BCUT2D eigenvalue weighted by atomic mass is 9.88. The summed E-state index contributed by atoms with van der Waals surface area (Å²) in [5, 5.41) is 12.3. The SMILES string of the molecule is CC(C)(CCCO)CNCc1cncc(Br)c1. The number of aliphatic hydroxyl groups is 1. The monoisotopic (exact) mass is 300 g/mol. The first kappa shape index (κ1) is 14.6. The number of rotatable bonds is 7. The van der Waals surface area contributed by atoms with Gasteiger partial charge in [-0.15, -0.1) is 0 Å². The predicted molar refractivity (Wildman–Crippen MR) is 73.7 cm³/mol. The molecule has 3 nitrogen and oxygen atoms in total. The zero-order valence-electron chi connectivity index (χ0n) is 10.5. The van der Waals surface area contributed by atoms with Crippen LogP contribution in [0.2, 0.25) is 0 Å². The Morgan fingerprint density at radius 2 is 2.18 bits per heavy atom. The quantitative estimate of drug-likeness (QED) is 0.814. The van der Waals surface area contributed by atoms with E-state index in [-0.39, 0.29) is 12.0 Å². The second kappa shape index (κ2) is 7.09. The minimum absolute atomic E-state index is 0.224. The van der Waals surface area contributed by atoms with Gasteiger partial charge in [0.1, 0.15) is 0 Å². The summed E-state index contributed by atoms with van der Waals surface area (Å²) in [4.78, 5) is 4.13. The van der Waals surface area contributed by atoms with Gasteiger partial charge in [0.05, 0.1) is 0 Å². The zero-order chi connectivity index (χ0) is 12.7. The molecule has 0 radical (unpaired) electrons. The Hall–Kier alpha value is -0.450. The van der Waals surface area contributed by atoms with Crippen LogP contribution < -0.4 is 5.32 Å². The standard InChI is InChI=1S/C13H21BrN2O/c1-13(2,4-3-5-17)10-16-8-11-6-12(14)9-15-7-11/h6-7,9,16-17H,3-5,8,10H2,1-2H3. The fourth-order valence-corrected chi connectivity index (χ4v) is 2.16. The molecule has 0 saturated heterocycles. The molecule has 0 amide bonds. The molecule has 0 saturated carbocycles. The number of nitrogens with one attached hydrogen (secondary N) is 1. The van der Waals surface area contributed by atoms with Crippen molar-refractivity contribution >= 4 is 15.9 Å². The summed E-state index contributed by atoms with van der Waals surface area (Å²) in [5.41, 5.74) is 1.40. The van der Waals surface area contributed by atoms with Crippen molar-refractivity contribution in [1.29, 1.82) is 0 Å². The minimum atomic E-state index is 0.224. The lowest BCUT2D eigenvalue weighted by molar-refractivity contribution is 0.236. The van der Waals surface area contributed by atoms with E-state index in [9.17, 15) is 0 Å². The van der Waals surface area contributed by atoms with E-state index < -0.39 is 0 Å². The van der Waals surface area contributed by atoms with Gasteiger partial charge in [-0.2, -0.15) is 0 Å². The van der Waals surface area contributed by atoms with Crippen molar-refractivity contribution in [1.82, 2.24) is 10.3 Å². The van der Waals surface area contributed by atoms with E-state index in [1.807, 2.05) is 6.20 Å². The highest BCUT2D eigenvalue weighted by Gasteiger charge is 2.16. The molecule has 1 aromatic heterocycles. The van der Waals surface area contributed by atoms with Gasteiger partial charge in [-0.25, -0.2) is 0 Å². The van der Waals surface area contributed by atoms with E-state index >= 15 is 0 Å². The topological polar surface area (TPSA) is 45.1 Å². The zero-order valence-corrected chi connectivity index (χ0v) is 12.1. The molecule has 96 valence electrons. The molecule has 0 spiro atoms. The van der Waals surface area contributed by atoms with Gasteiger partial charge in [-0.05, 0) is 45.8 Å². The van der Waals surface area contributed by atoms with E-state index in [4.69, 9.17) is 5.11 Å². The van der Waals surface area contributed by atoms with Crippen LogP contribution in [0.5, 0.6) is 0 Å². The molecule has 0 aliphatic rings. The highest BCUT2D eigenvalue weighted by atomic mass is 79.9. The lowest BCUT2D eigenvalue weighted by Crippen LogP contribution is -2.29. The van der Waals surface area contributed by atoms with Crippen molar-refractivity contribution in [3.8, 4) is 0 Å². The van der Waals surface area contributed by atoms with Crippen molar-refractivity contribution in [2.24, 2.45) is 5.41 Å². The molecule has 1 heterocycles. The molecule has 0 fully saturated rings. The molecular weight excluding hydrogens is 280 g/mol. The molecule has 1 rings (SSSR count). The van der Waals surface area contributed by atoms with Gasteiger partial charge in [-0.3, -0.25) is 4.98 Å². The molecule has 1 aromatic rings. The number of halogens is 1. The predicted octanol–water partition coefficient (Wildman–Crippen LogP) is 2.73. The van der Waals surface area contributed by atoms with Crippen molar-refractivity contribution in [2.45, 2.75) is 33.2 Å². The third kappa shape index (κ3) is 6.15. The maximum absolute atomic E-state index is 8.83. The highest BCUT2D eigenvalue weighted by molar-refractivity contribution is 9.10. The van der Waals surface area contributed by atoms with Crippen LogP contribution in [0.4, 0.5) is 0 Å². The smallest absolute Gasteiger partial charge is 0.0431 e. The molecule has 4 heteroatoms. The van der Waals surface area contributed by atoms with E-state index in [2.05, 4.69) is 46.1 Å². The van der Waals surface area contributed by atoms with Crippen molar-refractivity contribution in [3.05, 3.63) is 28.5 Å². The van der Waals surface area contributed by atoms with Gasteiger partial charge < -0.3 is 10.4 Å². The second-order valence-electron chi connectivity index (χ2n) is 5.11. The summed E-state index contributed by atoms with van der Waals surface area (Å²) in [5.74, 6) is 0. The molecule has 17 heavy (non-hydrogen) atoms. The highest BCUT2D eigenvalue weighted by Crippen LogP contribution is 2.21. The normalized spacial score (nSPS) is 11.8. The van der Waals surface area contributed by atoms with Crippen LogP contribution in [0.15, 0.2) is 22.9 Å². The summed E-state index contributed by atoms with van der Waals surface area (Å²) in [6.45, 7) is 6.48. The van der Waals surface area contributed by atoms with Crippen molar-refractivity contribution < 1.29 is 5.11 Å². The van der Waals surface area contributed by atoms with Crippen LogP contribution in [0.25, 0.3) is 0 Å². The summed E-state index contributed by atoms with van der Waals surface area (Å²) < 4.78 is 1.01. The van der Waals surface area contributed by atoms with Crippen LogP contribution in [0.1, 0.15) is 32.3 Å². The molecule has 0 atom stereocenters. The molecule has 0 aromatic carbocycles. The van der Waals surface area contributed by atoms with Gasteiger partial charge >= 0.3 is 0 Å². The molecule has 0 aliphatic heterocycles.